The molecule has 3 fully saturated rings. The van der Waals surface area contributed by atoms with E-state index >= 15 is 0 Å². The molecule has 1 aromatic rings. The van der Waals surface area contributed by atoms with Gasteiger partial charge in [0.15, 0.2) is 5.13 Å². The van der Waals surface area contributed by atoms with Crippen LogP contribution in [0.15, 0.2) is 11.6 Å². The fourth-order valence-corrected chi connectivity index (χ4v) is 4.57. The molecule has 5 heteroatoms. The Hall–Kier alpha value is -1.23. The number of nitrogens with zero attached hydrogens (tertiary/aromatic N) is 2. The Bertz CT molecular complexity index is 471. The summed E-state index contributed by atoms with van der Waals surface area (Å²) in [7, 11) is 0. The standard InChI is InChI=1S/C12H12N2O2S/c15-10-8-6-1-2-7(5-6)9(8)11(16)14(10)12-13-3-4-17-12/h3-4,6-9H,1-2,5H2/t6-,7-,8+,9+/m1/s1. The summed E-state index contributed by atoms with van der Waals surface area (Å²) in [5.74, 6) is 0.831. The lowest BCUT2D eigenvalue weighted by atomic mass is 9.81. The second-order valence-corrected chi connectivity index (χ2v) is 6.08. The third-order valence-corrected chi connectivity index (χ3v) is 5.29. The second-order valence-electron chi connectivity index (χ2n) is 5.21. The zero-order valence-corrected chi connectivity index (χ0v) is 10.0. The average Bonchev–Trinajstić information content (AvgIpc) is 3.03. The van der Waals surface area contributed by atoms with Crippen molar-refractivity contribution in [3.05, 3.63) is 11.6 Å². The Morgan fingerprint density at radius 3 is 2.35 bits per heavy atom. The molecule has 0 unspecified atom stereocenters. The number of imide groups is 1. The number of hydrogen-bond acceptors (Lipinski definition) is 4. The highest BCUT2D eigenvalue weighted by Crippen LogP contribution is 2.56. The molecule has 4 rings (SSSR count). The van der Waals surface area contributed by atoms with Crippen LogP contribution in [0.25, 0.3) is 0 Å². The third-order valence-electron chi connectivity index (χ3n) is 4.54. The number of rotatable bonds is 1. The number of amides is 2. The minimum Gasteiger partial charge on any atom is -0.274 e. The van der Waals surface area contributed by atoms with Gasteiger partial charge in [-0.25, -0.2) is 9.88 Å². The zero-order chi connectivity index (χ0) is 11.6. The van der Waals surface area contributed by atoms with E-state index in [4.69, 9.17) is 0 Å². The van der Waals surface area contributed by atoms with Crippen molar-refractivity contribution in [2.45, 2.75) is 19.3 Å². The van der Waals surface area contributed by atoms with E-state index in [1.54, 1.807) is 11.6 Å². The maximum absolute atomic E-state index is 12.4. The molecule has 0 spiro atoms. The molecule has 0 N–H and O–H groups in total. The fraction of sp³-hybridized carbons (Fsp3) is 0.583. The lowest BCUT2D eigenvalue weighted by Crippen LogP contribution is -2.32. The number of hydrogen-bond donors (Lipinski definition) is 0. The molecule has 17 heavy (non-hydrogen) atoms. The summed E-state index contributed by atoms with van der Waals surface area (Å²) in [6.07, 6.45) is 4.97. The molecule has 0 radical (unpaired) electrons. The van der Waals surface area contributed by atoms with Gasteiger partial charge in [0, 0.05) is 11.6 Å². The number of carbonyl (C=O) groups excluding carboxylic acids is 2. The molecule has 1 aliphatic heterocycles. The monoisotopic (exact) mass is 248 g/mol. The van der Waals surface area contributed by atoms with Gasteiger partial charge in [-0.2, -0.15) is 0 Å². The van der Waals surface area contributed by atoms with E-state index in [0.29, 0.717) is 17.0 Å². The van der Waals surface area contributed by atoms with Crippen LogP contribution in [0.2, 0.25) is 0 Å². The highest BCUT2D eigenvalue weighted by Gasteiger charge is 2.61. The minimum absolute atomic E-state index is 0.00199. The van der Waals surface area contributed by atoms with Gasteiger partial charge in [-0.15, -0.1) is 11.3 Å². The molecule has 88 valence electrons. The van der Waals surface area contributed by atoms with E-state index in [0.717, 1.165) is 19.3 Å². The van der Waals surface area contributed by atoms with Gasteiger partial charge < -0.3 is 0 Å². The van der Waals surface area contributed by atoms with Crippen LogP contribution < -0.4 is 4.90 Å². The first-order valence-electron chi connectivity index (χ1n) is 6.04. The lowest BCUT2D eigenvalue weighted by molar-refractivity contribution is -0.123. The van der Waals surface area contributed by atoms with Crippen LogP contribution in [0.3, 0.4) is 0 Å². The number of thiazole rings is 1. The highest BCUT2D eigenvalue weighted by molar-refractivity contribution is 7.14. The molecule has 2 amide bonds. The van der Waals surface area contributed by atoms with E-state index < -0.39 is 0 Å². The van der Waals surface area contributed by atoms with Crippen molar-refractivity contribution in [1.82, 2.24) is 4.98 Å². The molecule has 4 nitrogen and oxygen atoms in total. The lowest BCUT2D eigenvalue weighted by Gasteiger charge is -2.19. The van der Waals surface area contributed by atoms with E-state index in [9.17, 15) is 9.59 Å². The van der Waals surface area contributed by atoms with Crippen molar-refractivity contribution in [2.75, 3.05) is 4.90 Å². The summed E-state index contributed by atoms with van der Waals surface area (Å²) in [4.78, 5) is 30.2. The number of carbonyl (C=O) groups is 2. The minimum atomic E-state index is -0.0369. The van der Waals surface area contributed by atoms with E-state index in [1.807, 2.05) is 0 Å². The number of fused-ring (bicyclic) bond motifs is 5. The van der Waals surface area contributed by atoms with Crippen molar-refractivity contribution < 1.29 is 9.59 Å². The maximum Gasteiger partial charge on any atom is 0.239 e. The van der Waals surface area contributed by atoms with Gasteiger partial charge in [-0.3, -0.25) is 9.59 Å². The Balaban J connectivity index is 1.77. The first-order valence-corrected chi connectivity index (χ1v) is 6.92. The quantitative estimate of drug-likeness (QED) is 0.710. The van der Waals surface area contributed by atoms with Crippen LogP contribution in [-0.2, 0) is 9.59 Å². The van der Waals surface area contributed by atoms with Gasteiger partial charge in [0.2, 0.25) is 11.8 Å². The van der Waals surface area contributed by atoms with E-state index in [-0.39, 0.29) is 23.7 Å². The van der Waals surface area contributed by atoms with Crippen LogP contribution >= 0.6 is 11.3 Å². The molecule has 2 saturated carbocycles. The normalized spacial score (nSPS) is 39.2. The van der Waals surface area contributed by atoms with Crippen molar-refractivity contribution in [3.63, 3.8) is 0 Å². The smallest absolute Gasteiger partial charge is 0.239 e. The van der Waals surface area contributed by atoms with Gasteiger partial charge in [0.05, 0.1) is 11.8 Å². The van der Waals surface area contributed by atoms with Gasteiger partial charge in [-0.1, -0.05) is 0 Å². The Morgan fingerprint density at radius 2 is 1.82 bits per heavy atom. The van der Waals surface area contributed by atoms with Gasteiger partial charge in [0.1, 0.15) is 0 Å². The number of anilines is 1. The van der Waals surface area contributed by atoms with E-state index in [2.05, 4.69) is 4.98 Å². The van der Waals surface area contributed by atoms with Gasteiger partial charge in [-0.05, 0) is 31.1 Å². The SMILES string of the molecule is O=C1[C@H]2[C@@H]3CC[C@H](C3)[C@@H]2C(=O)N1c1nccs1. The van der Waals surface area contributed by atoms with Crippen LogP contribution in [0.4, 0.5) is 5.13 Å². The molecule has 1 saturated heterocycles. The zero-order valence-electron chi connectivity index (χ0n) is 9.20. The first kappa shape index (κ1) is 9.76. The number of aromatic nitrogens is 1. The van der Waals surface area contributed by atoms with Crippen molar-refractivity contribution >= 4 is 28.3 Å². The van der Waals surface area contributed by atoms with Crippen LogP contribution in [0, 0.1) is 23.7 Å². The summed E-state index contributed by atoms with van der Waals surface area (Å²) in [6, 6.07) is 0. The molecule has 2 bridgehead atoms. The van der Waals surface area contributed by atoms with Crippen LogP contribution in [-0.4, -0.2) is 16.8 Å². The highest BCUT2D eigenvalue weighted by atomic mass is 32.1. The summed E-state index contributed by atoms with van der Waals surface area (Å²) < 4.78 is 0. The molecular weight excluding hydrogens is 236 g/mol. The van der Waals surface area contributed by atoms with Gasteiger partial charge in [0.25, 0.3) is 0 Å². The summed E-state index contributed by atoms with van der Waals surface area (Å²) in [5, 5.41) is 2.35. The van der Waals surface area contributed by atoms with Crippen molar-refractivity contribution in [3.8, 4) is 0 Å². The van der Waals surface area contributed by atoms with Crippen molar-refractivity contribution in [2.24, 2.45) is 23.7 Å². The van der Waals surface area contributed by atoms with Crippen LogP contribution in [0.1, 0.15) is 19.3 Å². The molecular formula is C12H12N2O2S. The second kappa shape index (κ2) is 3.16. The van der Waals surface area contributed by atoms with Crippen LogP contribution in [0.5, 0.6) is 0 Å². The Labute approximate surface area is 103 Å². The fourth-order valence-electron chi connectivity index (χ4n) is 3.92. The molecule has 2 aliphatic carbocycles. The third kappa shape index (κ3) is 1.10. The predicted molar refractivity (Wildman–Crippen MR) is 62.4 cm³/mol. The summed E-state index contributed by atoms with van der Waals surface area (Å²) in [5.41, 5.74) is 0. The topological polar surface area (TPSA) is 50.3 Å². The molecule has 4 atom stereocenters. The molecule has 3 aliphatic rings. The van der Waals surface area contributed by atoms with Crippen molar-refractivity contribution in [1.29, 1.82) is 0 Å². The Kier molecular flexibility index (Phi) is 1.82. The van der Waals surface area contributed by atoms with Gasteiger partial charge >= 0.3 is 0 Å². The summed E-state index contributed by atoms with van der Waals surface area (Å²) in [6.45, 7) is 0. The largest absolute Gasteiger partial charge is 0.274 e. The molecule has 2 heterocycles. The summed E-state index contributed by atoms with van der Waals surface area (Å²) >= 11 is 1.36. The predicted octanol–water partition coefficient (Wildman–Crippen LogP) is 1.68. The average molecular weight is 248 g/mol. The molecule has 0 aromatic carbocycles. The first-order chi connectivity index (χ1) is 8.27. The Morgan fingerprint density at radius 1 is 1.18 bits per heavy atom. The van der Waals surface area contributed by atoms with E-state index in [1.165, 1.54) is 16.2 Å². The molecule has 1 aromatic heterocycles. The maximum atomic E-state index is 12.4.